The highest BCUT2D eigenvalue weighted by Gasteiger charge is 2.44. The number of benzene rings is 2. The van der Waals surface area contributed by atoms with Crippen molar-refractivity contribution >= 4 is 33.6 Å². The zero-order chi connectivity index (χ0) is 24.4. The largest absolute Gasteiger partial charge is 0.466 e. The highest BCUT2D eigenvalue weighted by molar-refractivity contribution is 9.10. The lowest BCUT2D eigenvalue weighted by Gasteiger charge is -2.36. The van der Waals surface area contributed by atoms with Gasteiger partial charge in [-0.25, -0.2) is 22.8 Å². The van der Waals surface area contributed by atoms with Gasteiger partial charge in [-0.2, -0.15) is 5.26 Å². The standard InChI is InChI=1S/C22H15BrF3N3O4/c1-32-21(30)15-14(10-6-4-3-5-7-10)11(9-27)20(28)29(19(15)22(31)33-2)13-8-12(24)17(25)18(26)16(13)23/h3-8,14H,28H2,1-2H3. The average molecular weight is 522 g/mol. The molecule has 1 aliphatic heterocycles. The van der Waals surface area contributed by atoms with Gasteiger partial charge in [0.2, 0.25) is 0 Å². The van der Waals surface area contributed by atoms with Crippen molar-refractivity contribution < 1.29 is 32.2 Å². The molecule has 170 valence electrons. The van der Waals surface area contributed by atoms with E-state index in [1.165, 1.54) is 0 Å². The van der Waals surface area contributed by atoms with Crippen molar-refractivity contribution in [3.63, 3.8) is 0 Å². The molecule has 1 unspecified atom stereocenters. The van der Waals surface area contributed by atoms with Gasteiger partial charge in [0.15, 0.2) is 17.5 Å². The van der Waals surface area contributed by atoms with Gasteiger partial charge in [0, 0.05) is 6.07 Å². The van der Waals surface area contributed by atoms with E-state index in [-0.39, 0.29) is 11.1 Å². The second kappa shape index (κ2) is 9.38. The van der Waals surface area contributed by atoms with E-state index in [9.17, 15) is 28.0 Å². The summed E-state index contributed by atoms with van der Waals surface area (Å²) in [4.78, 5) is 26.5. The molecule has 7 nitrogen and oxygen atoms in total. The maximum atomic E-state index is 14.4. The lowest BCUT2D eigenvalue weighted by molar-refractivity contribution is -0.139. The van der Waals surface area contributed by atoms with Crippen LogP contribution in [0.3, 0.4) is 0 Å². The molecule has 0 bridgehead atoms. The van der Waals surface area contributed by atoms with Gasteiger partial charge in [0.05, 0.1) is 47.5 Å². The van der Waals surface area contributed by atoms with Crippen LogP contribution >= 0.6 is 15.9 Å². The predicted octanol–water partition coefficient (Wildman–Crippen LogP) is 3.76. The van der Waals surface area contributed by atoms with E-state index in [4.69, 9.17) is 15.2 Å². The van der Waals surface area contributed by atoms with Crippen LogP contribution in [-0.4, -0.2) is 26.2 Å². The fourth-order valence-corrected chi connectivity index (χ4v) is 3.95. The number of methoxy groups -OCH3 is 2. The first-order valence-corrected chi connectivity index (χ1v) is 9.97. The molecular formula is C22H15BrF3N3O4. The Balaban J connectivity index is 2.49. The molecule has 0 fully saturated rings. The fraction of sp³-hybridized carbons (Fsp3) is 0.136. The molecule has 0 aliphatic carbocycles. The summed E-state index contributed by atoms with van der Waals surface area (Å²) in [6.45, 7) is 0. The summed E-state index contributed by atoms with van der Waals surface area (Å²) in [7, 11) is 2.07. The number of ether oxygens (including phenoxy) is 2. The van der Waals surface area contributed by atoms with Crippen molar-refractivity contribution in [2.45, 2.75) is 5.92 Å². The van der Waals surface area contributed by atoms with Gasteiger partial charge < -0.3 is 15.2 Å². The summed E-state index contributed by atoms with van der Waals surface area (Å²) >= 11 is 2.83. The number of esters is 2. The Bertz CT molecular complexity index is 1260. The van der Waals surface area contributed by atoms with E-state index < -0.39 is 57.0 Å². The van der Waals surface area contributed by atoms with Gasteiger partial charge in [-0.1, -0.05) is 30.3 Å². The molecule has 0 saturated heterocycles. The van der Waals surface area contributed by atoms with Crippen molar-refractivity contribution in [2.24, 2.45) is 5.73 Å². The van der Waals surface area contributed by atoms with Crippen molar-refractivity contribution in [1.82, 2.24) is 0 Å². The third-order valence-electron chi connectivity index (χ3n) is 4.93. The molecule has 0 radical (unpaired) electrons. The third kappa shape index (κ3) is 3.93. The molecule has 33 heavy (non-hydrogen) atoms. The molecule has 3 rings (SSSR count). The first-order valence-electron chi connectivity index (χ1n) is 9.18. The predicted molar refractivity (Wildman–Crippen MR) is 114 cm³/mol. The normalized spacial score (nSPS) is 15.9. The van der Waals surface area contributed by atoms with Crippen LogP contribution in [0.15, 0.2) is 63.5 Å². The monoisotopic (exact) mass is 521 g/mol. The van der Waals surface area contributed by atoms with Gasteiger partial charge in [-0.3, -0.25) is 4.90 Å². The maximum absolute atomic E-state index is 14.4. The fourth-order valence-electron chi connectivity index (χ4n) is 3.49. The molecule has 2 N–H and O–H groups in total. The number of carbonyl (C=O) groups excluding carboxylic acids is 2. The zero-order valence-corrected chi connectivity index (χ0v) is 18.7. The molecule has 1 aliphatic rings. The van der Waals surface area contributed by atoms with Crippen LogP contribution in [0, 0.1) is 28.8 Å². The molecule has 0 saturated carbocycles. The Kier molecular flexibility index (Phi) is 6.78. The Morgan fingerprint density at radius 1 is 1.09 bits per heavy atom. The number of hydrogen-bond donors (Lipinski definition) is 1. The number of nitrogens with zero attached hydrogens (tertiary/aromatic N) is 2. The molecular weight excluding hydrogens is 507 g/mol. The van der Waals surface area contributed by atoms with E-state index >= 15 is 0 Å². The molecule has 0 spiro atoms. The molecule has 2 aromatic carbocycles. The van der Waals surface area contributed by atoms with Crippen molar-refractivity contribution in [3.8, 4) is 6.07 Å². The topological polar surface area (TPSA) is 106 Å². The van der Waals surface area contributed by atoms with Gasteiger partial charge >= 0.3 is 11.9 Å². The van der Waals surface area contributed by atoms with Crippen LogP contribution in [0.2, 0.25) is 0 Å². The summed E-state index contributed by atoms with van der Waals surface area (Å²) in [5.74, 6) is -8.70. The Morgan fingerprint density at radius 2 is 1.70 bits per heavy atom. The van der Waals surface area contributed by atoms with E-state index in [0.717, 1.165) is 19.1 Å². The number of halogens is 4. The number of allylic oxidation sites excluding steroid dienone is 1. The molecule has 2 aromatic rings. The van der Waals surface area contributed by atoms with Crippen LogP contribution in [-0.2, 0) is 19.1 Å². The molecule has 0 amide bonds. The minimum Gasteiger partial charge on any atom is -0.466 e. The molecule has 1 atom stereocenters. The average Bonchev–Trinajstić information content (AvgIpc) is 2.83. The summed E-state index contributed by atoms with van der Waals surface area (Å²) in [5, 5.41) is 9.91. The van der Waals surface area contributed by atoms with Gasteiger partial charge in [0.25, 0.3) is 0 Å². The number of nitriles is 1. The minimum absolute atomic E-state index is 0.216. The SMILES string of the molecule is COC(=O)C1=C(C(=O)OC)N(c2cc(F)c(F)c(F)c2Br)C(N)=C(C#N)C1c1ccccc1. The van der Waals surface area contributed by atoms with Gasteiger partial charge in [-0.05, 0) is 21.5 Å². The first-order chi connectivity index (χ1) is 15.7. The lowest BCUT2D eigenvalue weighted by Crippen LogP contribution is -2.41. The number of anilines is 1. The number of carbonyl (C=O) groups is 2. The van der Waals surface area contributed by atoms with Gasteiger partial charge in [-0.15, -0.1) is 0 Å². The van der Waals surface area contributed by atoms with Crippen molar-refractivity contribution in [1.29, 1.82) is 5.26 Å². The van der Waals surface area contributed by atoms with Gasteiger partial charge in [0.1, 0.15) is 11.5 Å². The zero-order valence-electron chi connectivity index (χ0n) is 17.2. The Morgan fingerprint density at radius 3 is 2.24 bits per heavy atom. The van der Waals surface area contributed by atoms with Crippen LogP contribution in [0.1, 0.15) is 11.5 Å². The van der Waals surface area contributed by atoms with Crippen LogP contribution < -0.4 is 10.6 Å². The summed E-state index contributed by atoms with van der Waals surface area (Å²) in [6, 6.07) is 10.6. The van der Waals surface area contributed by atoms with Crippen molar-refractivity contribution in [3.05, 3.63) is 86.6 Å². The van der Waals surface area contributed by atoms with E-state index in [0.29, 0.717) is 11.6 Å². The summed E-state index contributed by atoms with van der Waals surface area (Å²) in [6.07, 6.45) is 0. The molecule has 11 heteroatoms. The summed E-state index contributed by atoms with van der Waals surface area (Å²) < 4.78 is 51.3. The number of nitrogens with two attached hydrogens (primary N) is 1. The van der Waals surface area contributed by atoms with Crippen LogP contribution in [0.25, 0.3) is 0 Å². The Hall–Kier alpha value is -3.78. The number of hydrogen-bond acceptors (Lipinski definition) is 7. The third-order valence-corrected chi connectivity index (χ3v) is 5.69. The second-order valence-electron chi connectivity index (χ2n) is 6.65. The van der Waals surface area contributed by atoms with Crippen molar-refractivity contribution in [2.75, 3.05) is 19.1 Å². The quantitative estimate of drug-likeness (QED) is 0.371. The maximum Gasteiger partial charge on any atom is 0.355 e. The first kappa shape index (κ1) is 23.9. The van der Waals surface area contributed by atoms with Crippen LogP contribution in [0.5, 0.6) is 0 Å². The minimum atomic E-state index is -1.77. The summed E-state index contributed by atoms with van der Waals surface area (Å²) in [5.41, 5.74) is 5.01. The highest BCUT2D eigenvalue weighted by Crippen LogP contribution is 2.45. The second-order valence-corrected chi connectivity index (χ2v) is 7.45. The molecule has 0 aromatic heterocycles. The lowest BCUT2D eigenvalue weighted by atomic mass is 9.81. The Labute approximate surface area is 194 Å². The smallest absolute Gasteiger partial charge is 0.355 e. The van der Waals surface area contributed by atoms with Crippen LogP contribution in [0.4, 0.5) is 18.9 Å². The number of rotatable bonds is 4. The highest BCUT2D eigenvalue weighted by atomic mass is 79.9. The van der Waals surface area contributed by atoms with E-state index in [1.807, 2.05) is 6.07 Å². The molecule has 1 heterocycles. The van der Waals surface area contributed by atoms with E-state index in [2.05, 4.69) is 15.9 Å². The van der Waals surface area contributed by atoms with E-state index in [1.54, 1.807) is 30.3 Å².